The standard InChI is InChI=1S/C63H114OP2.2BrH/c1-7-13-19-25-31-37-51-65(52-38-32-26-20-14-8-2,53-39-33-27-21-15-9-3)57-59-43-47-61(48-44-59)63(64)62-49-45-60(46-50-62)58-66(54-40-34-28-22-16-10-4,55-41-35-29-23-17-11-5)56-42-36-30-24-18-12-6;;/h43-50H,7-42,51-58H2,1-6H3;2*1H/q+2;;/p-2. The number of carbonyl (C=O) groups excluding carboxylic acids is 1. The van der Waals surface area contributed by atoms with Crippen molar-refractivity contribution >= 4 is 20.3 Å². The van der Waals surface area contributed by atoms with E-state index in [-0.39, 0.29) is 39.7 Å². The van der Waals surface area contributed by atoms with Crippen LogP contribution in [0.3, 0.4) is 0 Å². The van der Waals surface area contributed by atoms with E-state index in [1.807, 2.05) is 0 Å². The fourth-order valence-corrected chi connectivity index (χ4v) is 20.6. The van der Waals surface area contributed by atoms with Crippen LogP contribution in [0.4, 0.5) is 0 Å². The molecule has 5 heteroatoms. The minimum atomic E-state index is -1.13. The molecule has 0 aliphatic heterocycles. The summed E-state index contributed by atoms with van der Waals surface area (Å²) >= 11 is 0. The number of unbranched alkanes of at least 4 members (excludes halogenated alkanes) is 30. The van der Waals surface area contributed by atoms with Crippen molar-refractivity contribution in [1.29, 1.82) is 0 Å². The Labute approximate surface area is 448 Å². The lowest BCUT2D eigenvalue weighted by Crippen LogP contribution is -3.00. The zero-order valence-electron chi connectivity index (χ0n) is 46.3. The lowest BCUT2D eigenvalue weighted by atomic mass is 10.0. The molecule has 0 saturated carbocycles. The highest BCUT2D eigenvalue weighted by Gasteiger charge is 2.37. The number of benzene rings is 2. The summed E-state index contributed by atoms with van der Waals surface area (Å²) in [5, 5.41) is 0. The fraction of sp³-hybridized carbons (Fsp3) is 0.794. The molecule has 2 aromatic rings. The minimum Gasteiger partial charge on any atom is -1.00 e. The Kier molecular flexibility index (Phi) is 46.7. The normalized spacial score (nSPS) is 11.7. The summed E-state index contributed by atoms with van der Waals surface area (Å²) in [5.41, 5.74) is 4.74. The van der Waals surface area contributed by atoms with E-state index < -0.39 is 14.5 Å². The summed E-state index contributed by atoms with van der Waals surface area (Å²) in [4.78, 5) is 14.1. The van der Waals surface area contributed by atoms with Gasteiger partial charge in [0.1, 0.15) is 0 Å². The summed E-state index contributed by atoms with van der Waals surface area (Å²) in [6, 6.07) is 18.2. The first-order valence-corrected chi connectivity index (χ1v) is 34.9. The first-order chi connectivity index (χ1) is 32.4. The smallest absolute Gasteiger partial charge is 0.193 e. The van der Waals surface area contributed by atoms with E-state index in [1.165, 1.54) is 292 Å². The van der Waals surface area contributed by atoms with Crippen LogP contribution >= 0.6 is 14.5 Å². The van der Waals surface area contributed by atoms with Crippen LogP contribution in [-0.2, 0) is 12.3 Å². The molecule has 0 atom stereocenters. The number of hydrogen-bond acceptors (Lipinski definition) is 1. The lowest BCUT2D eigenvalue weighted by molar-refractivity contribution is -0.001000. The SMILES string of the molecule is CCCCCCCC[P+](CCCCCCCC)(CCCCCCCC)Cc1ccc(C(=O)c2ccc(C[P+](CCCCCCCC)(CCCCCCCC)CCCCCCCC)cc2)cc1.[Br-].[Br-]. The van der Waals surface area contributed by atoms with Gasteiger partial charge < -0.3 is 34.0 Å². The van der Waals surface area contributed by atoms with Gasteiger partial charge in [-0.3, -0.25) is 4.79 Å². The predicted molar refractivity (Wildman–Crippen MR) is 307 cm³/mol. The van der Waals surface area contributed by atoms with Crippen molar-refractivity contribution in [3.05, 3.63) is 70.8 Å². The molecule has 68 heavy (non-hydrogen) atoms. The van der Waals surface area contributed by atoms with Crippen molar-refractivity contribution in [2.45, 2.75) is 285 Å². The molecule has 0 amide bonds. The Morgan fingerprint density at radius 2 is 0.456 bits per heavy atom. The molecule has 0 aromatic heterocycles. The molecular formula is C63H114Br2OP2. The van der Waals surface area contributed by atoms with Gasteiger partial charge in [0.25, 0.3) is 0 Å². The average Bonchev–Trinajstić information content (AvgIpc) is 3.33. The molecule has 0 bridgehead atoms. The van der Waals surface area contributed by atoms with Crippen LogP contribution < -0.4 is 34.0 Å². The minimum absolute atomic E-state index is 0. The summed E-state index contributed by atoms with van der Waals surface area (Å²) in [5.74, 6) is 0.202. The van der Waals surface area contributed by atoms with Crippen LogP contribution in [-0.4, -0.2) is 42.8 Å². The van der Waals surface area contributed by atoms with Gasteiger partial charge in [-0.15, -0.1) is 0 Å². The van der Waals surface area contributed by atoms with Crippen molar-refractivity contribution in [2.75, 3.05) is 37.0 Å². The fourth-order valence-electron chi connectivity index (χ4n) is 11.0. The average molecular weight is 1110 g/mol. The first-order valence-electron chi connectivity index (χ1n) is 29.8. The Morgan fingerprint density at radius 3 is 0.647 bits per heavy atom. The van der Waals surface area contributed by atoms with Crippen molar-refractivity contribution < 1.29 is 38.8 Å². The Bertz CT molecular complexity index is 1190. The quantitative estimate of drug-likeness (QED) is 0.0367. The molecule has 0 radical (unpaired) electrons. The van der Waals surface area contributed by atoms with E-state index >= 15 is 0 Å². The Hall–Kier alpha value is -0.0700. The number of carbonyl (C=O) groups is 1. The van der Waals surface area contributed by atoms with E-state index in [0.29, 0.717) is 0 Å². The second-order valence-corrected chi connectivity index (χ2v) is 30.4. The van der Waals surface area contributed by atoms with Crippen molar-refractivity contribution in [3.63, 3.8) is 0 Å². The van der Waals surface area contributed by atoms with E-state index in [2.05, 4.69) is 90.1 Å². The highest BCUT2D eigenvalue weighted by molar-refractivity contribution is 7.75. The molecule has 0 fully saturated rings. The highest BCUT2D eigenvalue weighted by atomic mass is 79.9. The molecule has 0 unspecified atom stereocenters. The molecule has 0 spiro atoms. The highest BCUT2D eigenvalue weighted by Crippen LogP contribution is 2.64. The maximum atomic E-state index is 14.1. The molecule has 0 heterocycles. The molecule has 0 N–H and O–H groups in total. The molecule has 2 aromatic carbocycles. The summed E-state index contributed by atoms with van der Waals surface area (Å²) < 4.78 is 0. The third-order valence-corrected chi connectivity index (χ3v) is 25.0. The molecule has 0 aliphatic carbocycles. The molecule has 2 rings (SSSR count). The van der Waals surface area contributed by atoms with Crippen LogP contribution in [0.1, 0.15) is 300 Å². The van der Waals surface area contributed by atoms with Crippen LogP contribution in [0, 0.1) is 0 Å². The van der Waals surface area contributed by atoms with Crippen molar-refractivity contribution in [3.8, 4) is 0 Å². The Morgan fingerprint density at radius 1 is 0.279 bits per heavy atom. The molecule has 1 nitrogen and oxygen atoms in total. The van der Waals surface area contributed by atoms with Crippen molar-refractivity contribution in [2.24, 2.45) is 0 Å². The molecular weight excluding hydrogens is 994 g/mol. The van der Waals surface area contributed by atoms with Gasteiger partial charge >= 0.3 is 0 Å². The lowest BCUT2D eigenvalue weighted by Gasteiger charge is -2.29. The second kappa shape index (κ2) is 46.7. The summed E-state index contributed by atoms with van der Waals surface area (Å²) in [6.07, 6.45) is 61.8. The number of hydrogen-bond donors (Lipinski definition) is 0. The zero-order chi connectivity index (χ0) is 47.7. The van der Waals surface area contributed by atoms with E-state index in [9.17, 15) is 4.79 Å². The third kappa shape index (κ3) is 32.9. The summed E-state index contributed by atoms with van der Waals surface area (Å²) in [7, 11) is -2.26. The van der Waals surface area contributed by atoms with Gasteiger partial charge in [0.2, 0.25) is 0 Å². The van der Waals surface area contributed by atoms with Crippen LogP contribution in [0.2, 0.25) is 0 Å². The van der Waals surface area contributed by atoms with Crippen molar-refractivity contribution in [1.82, 2.24) is 0 Å². The van der Waals surface area contributed by atoms with Crippen LogP contribution in [0.15, 0.2) is 48.5 Å². The van der Waals surface area contributed by atoms with Gasteiger partial charge in [-0.1, -0.05) is 244 Å². The third-order valence-electron chi connectivity index (χ3n) is 15.4. The largest absolute Gasteiger partial charge is 1.00 e. The Balaban J connectivity index is 0.0000224. The van der Waals surface area contributed by atoms with Crippen LogP contribution in [0.25, 0.3) is 0 Å². The number of halogens is 2. The van der Waals surface area contributed by atoms with E-state index in [4.69, 9.17) is 0 Å². The van der Waals surface area contributed by atoms with Gasteiger partial charge in [0.15, 0.2) is 5.78 Å². The van der Waals surface area contributed by atoms with Gasteiger partial charge in [0.05, 0.1) is 49.3 Å². The van der Waals surface area contributed by atoms with Crippen LogP contribution in [0.5, 0.6) is 0 Å². The molecule has 0 aliphatic rings. The zero-order valence-corrected chi connectivity index (χ0v) is 51.3. The van der Waals surface area contributed by atoms with Gasteiger partial charge in [-0.2, -0.15) is 0 Å². The predicted octanol–water partition coefficient (Wildman–Crippen LogP) is 16.1. The van der Waals surface area contributed by atoms with Gasteiger partial charge in [0, 0.05) is 25.7 Å². The second-order valence-electron chi connectivity index (χ2n) is 21.7. The molecule has 396 valence electrons. The number of ketones is 1. The van der Waals surface area contributed by atoms with E-state index in [0.717, 1.165) is 11.1 Å². The summed E-state index contributed by atoms with van der Waals surface area (Å²) in [6.45, 7) is 14.0. The number of rotatable bonds is 48. The maximum Gasteiger partial charge on any atom is 0.193 e. The van der Waals surface area contributed by atoms with E-state index in [1.54, 1.807) is 0 Å². The van der Waals surface area contributed by atoms with Gasteiger partial charge in [-0.05, 0) is 88.2 Å². The maximum absolute atomic E-state index is 14.1. The van der Waals surface area contributed by atoms with Gasteiger partial charge in [-0.25, -0.2) is 0 Å². The monoisotopic (exact) mass is 1110 g/mol. The topological polar surface area (TPSA) is 17.1 Å². The first kappa shape index (κ1) is 67.9. The molecule has 0 saturated heterocycles.